The number of halogens is 3. The van der Waals surface area contributed by atoms with Gasteiger partial charge in [0.05, 0.1) is 12.7 Å². The quantitative estimate of drug-likeness (QED) is 0.558. The Balaban J connectivity index is 1.45. The predicted octanol–water partition coefficient (Wildman–Crippen LogP) is 5.47. The summed E-state index contributed by atoms with van der Waals surface area (Å²) >= 11 is 0. The Morgan fingerprint density at radius 3 is 2.31 bits per heavy atom. The van der Waals surface area contributed by atoms with Crippen LogP contribution in [-0.4, -0.2) is 11.7 Å². The molecular formula is C23H19F3O3. The second-order valence-electron chi connectivity index (χ2n) is 6.99. The number of hydrogen-bond acceptors (Lipinski definition) is 3. The molecule has 3 aromatic rings. The van der Waals surface area contributed by atoms with Gasteiger partial charge in [-0.3, -0.25) is 0 Å². The van der Waals surface area contributed by atoms with E-state index in [9.17, 15) is 18.3 Å². The highest BCUT2D eigenvalue weighted by Crippen LogP contribution is 2.34. The first-order chi connectivity index (χ1) is 13.9. The summed E-state index contributed by atoms with van der Waals surface area (Å²) in [5, 5.41) is 9.44. The molecule has 2 unspecified atom stereocenters. The fourth-order valence-corrected chi connectivity index (χ4v) is 3.14. The number of epoxide rings is 1. The molecule has 0 amide bonds. The first-order valence-corrected chi connectivity index (χ1v) is 9.23. The van der Waals surface area contributed by atoms with Crippen LogP contribution in [0, 0.1) is 17.5 Å². The Kier molecular flexibility index (Phi) is 5.30. The van der Waals surface area contributed by atoms with E-state index in [4.69, 9.17) is 9.47 Å². The van der Waals surface area contributed by atoms with Crippen molar-refractivity contribution in [2.45, 2.75) is 25.7 Å². The monoisotopic (exact) mass is 400 g/mol. The van der Waals surface area contributed by atoms with Gasteiger partial charge in [-0.2, -0.15) is 0 Å². The van der Waals surface area contributed by atoms with Gasteiger partial charge in [0.1, 0.15) is 24.3 Å². The van der Waals surface area contributed by atoms with E-state index in [-0.39, 0.29) is 29.7 Å². The highest BCUT2D eigenvalue weighted by Gasteiger charge is 2.27. The topological polar surface area (TPSA) is 42.0 Å². The van der Waals surface area contributed by atoms with Gasteiger partial charge in [-0.25, -0.2) is 13.2 Å². The molecule has 6 heteroatoms. The van der Waals surface area contributed by atoms with Gasteiger partial charge < -0.3 is 14.6 Å². The van der Waals surface area contributed by atoms with Crippen molar-refractivity contribution in [1.82, 2.24) is 0 Å². The number of hydrogen-bond donors (Lipinski definition) is 1. The fraction of sp³-hybridized carbons (Fsp3) is 0.217. The average Bonchev–Trinajstić information content (AvgIpc) is 3.54. The first kappa shape index (κ1) is 19.5. The standard InChI is InChI=1S/C23H19F3O3/c1-13(27)18-8-5-16(22(25)23(18)26)11-28-17-6-2-14(3-7-17)15-4-9-19(20(24)10-15)21-12-29-21/h2-10,13,21,27H,11-12H2,1H3. The minimum absolute atomic E-state index is 0.0518. The van der Waals surface area contributed by atoms with Crippen LogP contribution in [0.5, 0.6) is 5.75 Å². The van der Waals surface area contributed by atoms with E-state index in [0.717, 1.165) is 11.1 Å². The van der Waals surface area contributed by atoms with Crippen molar-refractivity contribution in [1.29, 1.82) is 0 Å². The molecule has 1 aliphatic rings. The number of rotatable bonds is 6. The van der Waals surface area contributed by atoms with Crippen LogP contribution in [0.1, 0.15) is 35.8 Å². The summed E-state index contributed by atoms with van der Waals surface area (Å²) in [6.45, 7) is 1.76. The van der Waals surface area contributed by atoms with Crippen LogP contribution in [0.3, 0.4) is 0 Å². The SMILES string of the molecule is CC(O)c1ccc(COc2ccc(-c3ccc(C4CO4)c(F)c3)cc2)c(F)c1F. The lowest BCUT2D eigenvalue weighted by Gasteiger charge is -2.12. The number of aliphatic hydroxyl groups is 1. The van der Waals surface area contributed by atoms with E-state index >= 15 is 0 Å². The lowest BCUT2D eigenvalue weighted by molar-refractivity contribution is 0.192. The van der Waals surface area contributed by atoms with Crippen molar-refractivity contribution in [2.24, 2.45) is 0 Å². The van der Waals surface area contributed by atoms with Gasteiger partial charge in [0, 0.05) is 16.7 Å². The van der Waals surface area contributed by atoms with Crippen molar-refractivity contribution in [2.75, 3.05) is 6.61 Å². The minimum atomic E-state index is -1.09. The molecule has 29 heavy (non-hydrogen) atoms. The molecule has 1 heterocycles. The summed E-state index contributed by atoms with van der Waals surface area (Å²) in [4.78, 5) is 0. The van der Waals surface area contributed by atoms with Crippen LogP contribution in [-0.2, 0) is 11.3 Å². The van der Waals surface area contributed by atoms with Crippen LogP contribution < -0.4 is 4.74 Å². The third-order valence-corrected chi connectivity index (χ3v) is 4.90. The lowest BCUT2D eigenvalue weighted by Crippen LogP contribution is -2.05. The Morgan fingerprint density at radius 1 is 1.00 bits per heavy atom. The van der Waals surface area contributed by atoms with Gasteiger partial charge in [0.2, 0.25) is 0 Å². The molecule has 4 rings (SSSR count). The van der Waals surface area contributed by atoms with E-state index < -0.39 is 17.7 Å². The van der Waals surface area contributed by atoms with Gasteiger partial charge in [-0.05, 0) is 36.2 Å². The molecule has 1 N–H and O–H groups in total. The smallest absolute Gasteiger partial charge is 0.165 e. The normalized spacial score (nSPS) is 16.5. The number of ether oxygens (including phenoxy) is 2. The van der Waals surface area contributed by atoms with Crippen molar-refractivity contribution in [3.05, 3.63) is 88.7 Å². The van der Waals surface area contributed by atoms with Gasteiger partial charge in [-0.15, -0.1) is 0 Å². The molecule has 0 radical (unpaired) electrons. The Morgan fingerprint density at radius 2 is 1.69 bits per heavy atom. The molecule has 2 atom stereocenters. The highest BCUT2D eigenvalue weighted by atomic mass is 19.2. The maximum Gasteiger partial charge on any atom is 0.165 e. The second-order valence-corrected chi connectivity index (χ2v) is 6.99. The zero-order valence-electron chi connectivity index (χ0n) is 15.7. The lowest BCUT2D eigenvalue weighted by atomic mass is 10.0. The Bertz CT molecular complexity index is 1030. The molecular weight excluding hydrogens is 381 g/mol. The van der Waals surface area contributed by atoms with Crippen molar-refractivity contribution in [3.63, 3.8) is 0 Å². The fourth-order valence-electron chi connectivity index (χ4n) is 3.14. The van der Waals surface area contributed by atoms with E-state index in [1.54, 1.807) is 30.3 Å². The zero-order valence-corrected chi connectivity index (χ0v) is 15.7. The molecule has 0 saturated carbocycles. The molecule has 3 nitrogen and oxygen atoms in total. The zero-order chi connectivity index (χ0) is 20.5. The van der Waals surface area contributed by atoms with Crippen molar-refractivity contribution >= 4 is 0 Å². The van der Waals surface area contributed by atoms with E-state index in [0.29, 0.717) is 17.9 Å². The minimum Gasteiger partial charge on any atom is -0.489 e. The third kappa shape index (κ3) is 4.13. The molecule has 1 aliphatic heterocycles. The molecule has 150 valence electrons. The van der Waals surface area contributed by atoms with E-state index in [1.165, 1.54) is 25.1 Å². The molecule has 1 saturated heterocycles. The maximum absolute atomic E-state index is 14.2. The van der Waals surface area contributed by atoms with Gasteiger partial charge in [0.15, 0.2) is 11.6 Å². The van der Waals surface area contributed by atoms with Crippen molar-refractivity contribution < 1.29 is 27.8 Å². The summed E-state index contributed by atoms with van der Waals surface area (Å²) in [6.07, 6.45) is -1.23. The van der Waals surface area contributed by atoms with Crippen LogP contribution in [0.4, 0.5) is 13.2 Å². The Hall–Kier alpha value is -2.83. The molecule has 0 aliphatic carbocycles. The van der Waals surface area contributed by atoms with Crippen molar-refractivity contribution in [3.8, 4) is 16.9 Å². The summed E-state index contributed by atoms with van der Waals surface area (Å²) in [6, 6.07) is 14.7. The molecule has 0 spiro atoms. The largest absolute Gasteiger partial charge is 0.489 e. The third-order valence-electron chi connectivity index (χ3n) is 4.90. The molecule has 0 bridgehead atoms. The van der Waals surface area contributed by atoms with Crippen LogP contribution in [0.2, 0.25) is 0 Å². The summed E-state index contributed by atoms with van der Waals surface area (Å²) < 4.78 is 52.9. The predicted molar refractivity (Wildman–Crippen MR) is 102 cm³/mol. The summed E-state index contributed by atoms with van der Waals surface area (Å²) in [5.41, 5.74) is 2.04. The van der Waals surface area contributed by atoms with Gasteiger partial charge in [-0.1, -0.05) is 36.4 Å². The average molecular weight is 400 g/mol. The maximum atomic E-state index is 14.2. The summed E-state index contributed by atoms with van der Waals surface area (Å²) in [5.74, 6) is -1.94. The first-order valence-electron chi connectivity index (χ1n) is 9.23. The molecule has 0 aromatic heterocycles. The number of benzene rings is 3. The molecule has 3 aromatic carbocycles. The van der Waals surface area contributed by atoms with Gasteiger partial charge in [0.25, 0.3) is 0 Å². The number of aliphatic hydroxyl groups excluding tert-OH is 1. The van der Waals surface area contributed by atoms with Crippen LogP contribution in [0.15, 0.2) is 54.6 Å². The Labute approximate surface area is 166 Å². The molecule has 1 fully saturated rings. The van der Waals surface area contributed by atoms with Crippen LogP contribution >= 0.6 is 0 Å². The van der Waals surface area contributed by atoms with Crippen LogP contribution in [0.25, 0.3) is 11.1 Å². The van der Waals surface area contributed by atoms with Gasteiger partial charge >= 0.3 is 0 Å². The second kappa shape index (κ2) is 7.89. The van der Waals surface area contributed by atoms with E-state index in [1.807, 2.05) is 6.07 Å². The van der Waals surface area contributed by atoms with E-state index in [2.05, 4.69) is 0 Å². The highest BCUT2D eigenvalue weighted by molar-refractivity contribution is 5.64. The summed E-state index contributed by atoms with van der Waals surface area (Å²) in [7, 11) is 0.